The molecule has 14 heteroatoms. The Morgan fingerprint density at radius 1 is 0.850 bits per heavy atom. The van der Waals surface area contributed by atoms with E-state index in [2.05, 4.69) is 0 Å². The summed E-state index contributed by atoms with van der Waals surface area (Å²) in [6.45, 7) is 4.51. The summed E-state index contributed by atoms with van der Waals surface area (Å²) in [5.41, 5.74) is -5.81. The summed E-state index contributed by atoms with van der Waals surface area (Å²) in [6.07, 6.45) is -17.3. The van der Waals surface area contributed by atoms with Crippen LogP contribution in [0.3, 0.4) is 0 Å². The molecular formula is C26H24F9NO4. The van der Waals surface area contributed by atoms with Crippen LogP contribution in [0.1, 0.15) is 66.8 Å². The third kappa shape index (κ3) is 6.47. The van der Waals surface area contributed by atoms with Crippen molar-refractivity contribution in [3.05, 3.63) is 64.2 Å². The Hall–Kier alpha value is -3.45. The van der Waals surface area contributed by atoms with Gasteiger partial charge in [-0.1, -0.05) is 0 Å². The molecule has 5 nitrogen and oxygen atoms in total. The number of halogens is 9. The molecule has 0 saturated heterocycles. The Bertz CT molecular complexity index is 1240. The molecule has 0 aliphatic carbocycles. The quantitative estimate of drug-likeness (QED) is 0.270. The molecule has 0 spiro atoms. The zero-order valence-corrected chi connectivity index (χ0v) is 21.5. The summed E-state index contributed by atoms with van der Waals surface area (Å²) in [4.78, 5) is 26.9. The zero-order valence-electron chi connectivity index (χ0n) is 21.5. The molecule has 0 N–H and O–H groups in total. The molecule has 0 saturated carbocycles. The van der Waals surface area contributed by atoms with E-state index < -0.39 is 76.8 Å². The van der Waals surface area contributed by atoms with Gasteiger partial charge in [-0.3, -0.25) is 9.69 Å². The first kappa shape index (κ1) is 31.1. The van der Waals surface area contributed by atoms with Gasteiger partial charge in [0.05, 0.1) is 41.5 Å². The summed E-state index contributed by atoms with van der Waals surface area (Å²) >= 11 is 0. The van der Waals surface area contributed by atoms with Gasteiger partial charge in [0.2, 0.25) is 0 Å². The number of hydrogen-bond donors (Lipinski definition) is 0. The van der Waals surface area contributed by atoms with Gasteiger partial charge >= 0.3 is 30.6 Å². The van der Waals surface area contributed by atoms with Gasteiger partial charge in [-0.25, -0.2) is 4.79 Å². The summed E-state index contributed by atoms with van der Waals surface area (Å²) in [5.74, 6) is -4.57. The molecule has 2 unspecified atom stereocenters. The van der Waals surface area contributed by atoms with Crippen molar-refractivity contribution in [2.75, 3.05) is 12.0 Å². The minimum atomic E-state index is -5.24. The highest BCUT2D eigenvalue weighted by molar-refractivity contribution is 5.91. The molecule has 1 amide bonds. The van der Waals surface area contributed by atoms with Crippen LogP contribution in [0.2, 0.25) is 0 Å². The molecule has 0 bridgehead atoms. The standard InChI is InChI=1S/C26H24F9NO4/c1-12(2)40-23(38)36-13(3)7-19(18-11-15(24(27,28)29)5-6-20(18)36)21(22(37)39-4)14-8-16(25(30,31)32)10-17(9-14)26(33,34)35/h5-6,8-13,19,21H,7H2,1-4H3/t13?,19-,21?/m0/s1. The highest BCUT2D eigenvalue weighted by atomic mass is 19.4. The number of anilines is 1. The number of esters is 1. The monoisotopic (exact) mass is 585 g/mol. The number of carbonyl (C=O) groups is 2. The maximum absolute atomic E-state index is 13.7. The fourth-order valence-corrected chi connectivity index (χ4v) is 4.76. The normalized spacial score (nSPS) is 18.8. The van der Waals surface area contributed by atoms with E-state index in [1.54, 1.807) is 0 Å². The third-order valence-corrected chi connectivity index (χ3v) is 6.41. The molecule has 0 radical (unpaired) electrons. The lowest BCUT2D eigenvalue weighted by molar-refractivity contribution is -0.146. The molecule has 0 fully saturated rings. The van der Waals surface area contributed by atoms with Crippen LogP contribution in [-0.4, -0.2) is 31.3 Å². The van der Waals surface area contributed by atoms with Crippen molar-refractivity contribution in [3.8, 4) is 0 Å². The van der Waals surface area contributed by atoms with Crippen LogP contribution < -0.4 is 4.90 Å². The number of carbonyl (C=O) groups excluding carboxylic acids is 2. The van der Waals surface area contributed by atoms with Crippen LogP contribution in [0.25, 0.3) is 0 Å². The van der Waals surface area contributed by atoms with Crippen LogP contribution in [0.4, 0.5) is 50.0 Å². The average molecular weight is 585 g/mol. The van der Waals surface area contributed by atoms with Gasteiger partial charge in [0, 0.05) is 12.0 Å². The van der Waals surface area contributed by atoms with E-state index in [4.69, 9.17) is 9.47 Å². The highest BCUT2D eigenvalue weighted by Gasteiger charge is 2.45. The first-order valence-corrected chi connectivity index (χ1v) is 11.8. The molecule has 3 atom stereocenters. The lowest BCUT2D eigenvalue weighted by Crippen LogP contribution is -2.45. The van der Waals surface area contributed by atoms with Crippen LogP contribution in [0.5, 0.6) is 0 Å². The second-order valence-corrected chi connectivity index (χ2v) is 9.61. The number of methoxy groups -OCH3 is 1. The predicted molar refractivity (Wildman–Crippen MR) is 124 cm³/mol. The Labute approximate surface area is 222 Å². The molecule has 0 aromatic heterocycles. The molecule has 2 aromatic rings. The molecular weight excluding hydrogens is 561 g/mol. The van der Waals surface area contributed by atoms with Crippen LogP contribution >= 0.6 is 0 Å². The predicted octanol–water partition coefficient (Wildman–Crippen LogP) is 7.93. The number of amides is 1. The average Bonchev–Trinajstić information content (AvgIpc) is 2.81. The number of benzene rings is 2. The summed E-state index contributed by atoms with van der Waals surface area (Å²) in [7, 11) is 0.846. The number of hydrogen-bond acceptors (Lipinski definition) is 4. The molecule has 40 heavy (non-hydrogen) atoms. The largest absolute Gasteiger partial charge is 0.469 e. The van der Waals surface area contributed by atoms with E-state index in [1.165, 1.54) is 20.8 Å². The van der Waals surface area contributed by atoms with Crippen molar-refractivity contribution in [1.82, 2.24) is 0 Å². The molecule has 1 aliphatic rings. The Morgan fingerprint density at radius 2 is 1.38 bits per heavy atom. The number of fused-ring (bicyclic) bond motifs is 1. The van der Waals surface area contributed by atoms with Crippen molar-refractivity contribution in [2.45, 2.75) is 69.7 Å². The van der Waals surface area contributed by atoms with Crippen molar-refractivity contribution in [2.24, 2.45) is 0 Å². The van der Waals surface area contributed by atoms with Crippen molar-refractivity contribution in [3.63, 3.8) is 0 Å². The van der Waals surface area contributed by atoms with E-state index in [9.17, 15) is 49.1 Å². The summed E-state index contributed by atoms with van der Waals surface area (Å²) in [6, 6.07) is 1.91. The van der Waals surface area contributed by atoms with E-state index in [1.807, 2.05) is 0 Å². The fraction of sp³-hybridized carbons (Fsp3) is 0.462. The van der Waals surface area contributed by atoms with Gasteiger partial charge in [0.1, 0.15) is 0 Å². The molecule has 220 valence electrons. The molecule has 3 rings (SSSR count). The van der Waals surface area contributed by atoms with E-state index in [-0.39, 0.29) is 23.7 Å². The number of nitrogens with zero attached hydrogens (tertiary/aromatic N) is 1. The Balaban J connectivity index is 2.32. The number of ether oxygens (including phenoxy) is 2. The van der Waals surface area contributed by atoms with Gasteiger partial charge in [-0.05, 0) is 74.7 Å². The van der Waals surface area contributed by atoms with Crippen LogP contribution in [0, 0.1) is 0 Å². The maximum Gasteiger partial charge on any atom is 0.416 e. The van der Waals surface area contributed by atoms with E-state index in [0.717, 1.165) is 18.1 Å². The number of rotatable bonds is 4. The van der Waals surface area contributed by atoms with Gasteiger partial charge in [-0.2, -0.15) is 39.5 Å². The van der Waals surface area contributed by atoms with E-state index in [0.29, 0.717) is 24.3 Å². The topological polar surface area (TPSA) is 55.8 Å². The van der Waals surface area contributed by atoms with Crippen molar-refractivity contribution in [1.29, 1.82) is 0 Å². The van der Waals surface area contributed by atoms with Crippen LogP contribution in [0.15, 0.2) is 36.4 Å². The van der Waals surface area contributed by atoms with Gasteiger partial charge in [0.15, 0.2) is 0 Å². The van der Waals surface area contributed by atoms with Gasteiger partial charge in [-0.15, -0.1) is 0 Å². The van der Waals surface area contributed by atoms with E-state index >= 15 is 0 Å². The lowest BCUT2D eigenvalue weighted by atomic mass is 9.74. The maximum atomic E-state index is 13.7. The Kier molecular flexibility index (Phi) is 8.43. The minimum absolute atomic E-state index is 0.124. The highest BCUT2D eigenvalue weighted by Crippen LogP contribution is 2.49. The molecule has 2 aromatic carbocycles. The zero-order chi connectivity index (χ0) is 30.4. The first-order chi connectivity index (χ1) is 18.3. The fourth-order valence-electron chi connectivity index (χ4n) is 4.76. The van der Waals surface area contributed by atoms with Crippen LogP contribution in [-0.2, 0) is 32.8 Å². The smallest absolute Gasteiger partial charge is 0.416 e. The number of alkyl halides is 9. The van der Waals surface area contributed by atoms with Crippen molar-refractivity contribution < 1.29 is 58.6 Å². The first-order valence-electron chi connectivity index (χ1n) is 11.8. The lowest BCUT2D eigenvalue weighted by Gasteiger charge is -2.41. The van der Waals surface area contributed by atoms with Gasteiger partial charge < -0.3 is 9.47 Å². The SMILES string of the molecule is COC(=O)C(c1cc(C(F)(F)F)cc(C(F)(F)F)c1)[C@H]1CC(C)N(C(=O)OC(C)C)c2ccc(C(F)(F)F)cc21. The molecule has 1 aliphatic heterocycles. The Morgan fingerprint density at radius 3 is 1.82 bits per heavy atom. The second kappa shape index (κ2) is 10.8. The second-order valence-electron chi connectivity index (χ2n) is 9.61. The summed E-state index contributed by atoms with van der Waals surface area (Å²) < 4.78 is 132. The molecule has 1 heterocycles. The van der Waals surface area contributed by atoms with Gasteiger partial charge in [0.25, 0.3) is 0 Å². The summed E-state index contributed by atoms with van der Waals surface area (Å²) in [5, 5.41) is 0. The minimum Gasteiger partial charge on any atom is -0.469 e. The van der Waals surface area contributed by atoms with Crippen molar-refractivity contribution >= 4 is 17.7 Å². The third-order valence-electron chi connectivity index (χ3n) is 6.41.